The van der Waals surface area contributed by atoms with Gasteiger partial charge in [0.25, 0.3) is 0 Å². The zero-order valence-corrected chi connectivity index (χ0v) is 27.2. The van der Waals surface area contributed by atoms with Crippen molar-refractivity contribution in [3.8, 4) is 0 Å². The van der Waals surface area contributed by atoms with Gasteiger partial charge in [0.15, 0.2) is 16.6 Å². The van der Waals surface area contributed by atoms with Crippen LogP contribution in [-0.4, -0.2) is 28.8 Å². The van der Waals surface area contributed by atoms with Gasteiger partial charge in [-0.2, -0.15) is 0 Å². The molecule has 2 fully saturated rings. The van der Waals surface area contributed by atoms with Gasteiger partial charge >= 0.3 is 0 Å². The lowest BCUT2D eigenvalue weighted by Crippen LogP contribution is -2.52. The first-order valence-electron chi connectivity index (χ1n) is 14.6. The fourth-order valence-corrected chi connectivity index (χ4v) is 10.1. The van der Waals surface area contributed by atoms with Gasteiger partial charge in [-0.15, -0.1) is 0 Å². The van der Waals surface area contributed by atoms with E-state index in [1.165, 1.54) is 38.5 Å². The molecule has 0 aromatic heterocycles. The molecular formula is C31H56O2Si2. The third-order valence-electron chi connectivity index (χ3n) is 11.9. The Hall–Kier alpha value is -0.166. The average Bonchev–Trinajstić information content (AvgIpc) is 3.02. The first-order chi connectivity index (χ1) is 15.8. The van der Waals surface area contributed by atoms with Crippen LogP contribution in [0.15, 0.2) is 23.3 Å². The molecule has 2 nitrogen and oxygen atoms in total. The lowest BCUT2D eigenvalue weighted by Gasteiger charge is -2.57. The van der Waals surface area contributed by atoms with Crippen molar-refractivity contribution in [3.63, 3.8) is 0 Å². The van der Waals surface area contributed by atoms with E-state index in [2.05, 4.69) is 93.7 Å². The highest BCUT2D eigenvalue weighted by molar-refractivity contribution is 6.74. The maximum Gasteiger partial charge on any atom is 0.192 e. The maximum absolute atomic E-state index is 7.09. The number of allylic oxidation sites excluding steroid dienone is 1. The Balaban J connectivity index is 1.51. The zero-order chi connectivity index (χ0) is 26.2. The van der Waals surface area contributed by atoms with Crippen molar-refractivity contribution in [2.24, 2.45) is 22.7 Å². The van der Waals surface area contributed by atoms with Crippen molar-refractivity contribution in [2.45, 2.75) is 149 Å². The predicted molar refractivity (Wildman–Crippen MR) is 156 cm³/mol. The van der Waals surface area contributed by atoms with E-state index in [1.807, 2.05) is 0 Å². The van der Waals surface area contributed by atoms with E-state index in [1.54, 1.807) is 11.1 Å². The van der Waals surface area contributed by atoms with Crippen LogP contribution in [0.3, 0.4) is 0 Å². The van der Waals surface area contributed by atoms with Crippen molar-refractivity contribution in [1.29, 1.82) is 0 Å². The van der Waals surface area contributed by atoms with Gasteiger partial charge in [-0.3, -0.25) is 0 Å². The molecule has 0 aromatic rings. The highest BCUT2D eigenvalue weighted by atomic mass is 28.4. The molecule has 0 bridgehead atoms. The van der Waals surface area contributed by atoms with Crippen molar-refractivity contribution >= 4 is 16.6 Å². The molecule has 35 heavy (non-hydrogen) atoms. The standard InChI is InChI=1S/C31H56O2Si2/c1-28(2,3)34(9,10)32-23-17-19-30(7)22(21-23)13-14-24-25-15-16-27(31(25,8)20-18-26(24)30)33-35(11,12)29(4,5)6/h13,15,23-24,26-27H,14,16-21H2,1-12H3/t23-,24-,26-,27-,30-,31-/m0/s1. The molecule has 0 heterocycles. The van der Waals surface area contributed by atoms with E-state index in [0.717, 1.165) is 12.3 Å². The Morgan fingerprint density at radius 3 is 1.94 bits per heavy atom. The number of hydrogen-bond donors (Lipinski definition) is 0. The van der Waals surface area contributed by atoms with Crippen LogP contribution in [0, 0.1) is 22.7 Å². The van der Waals surface area contributed by atoms with Crippen molar-refractivity contribution in [3.05, 3.63) is 23.3 Å². The lowest BCUT2D eigenvalue weighted by molar-refractivity contribution is 0.00262. The van der Waals surface area contributed by atoms with Crippen LogP contribution in [0.2, 0.25) is 36.3 Å². The van der Waals surface area contributed by atoms with E-state index in [-0.39, 0.29) is 15.5 Å². The fraction of sp³-hybridized carbons (Fsp3) is 0.871. The first-order valence-corrected chi connectivity index (χ1v) is 20.4. The number of rotatable bonds is 4. The molecule has 0 amide bonds. The summed E-state index contributed by atoms with van der Waals surface area (Å²) in [6, 6.07) is 0. The normalized spacial score (nSPS) is 38.3. The van der Waals surface area contributed by atoms with Crippen LogP contribution < -0.4 is 0 Å². The van der Waals surface area contributed by atoms with Gasteiger partial charge in [0.05, 0.1) is 6.10 Å². The summed E-state index contributed by atoms with van der Waals surface area (Å²) in [5, 5.41) is 0.552. The summed E-state index contributed by atoms with van der Waals surface area (Å²) < 4.78 is 14.0. The zero-order valence-electron chi connectivity index (χ0n) is 25.2. The van der Waals surface area contributed by atoms with Gasteiger partial charge in [-0.25, -0.2) is 0 Å². The molecule has 0 aliphatic heterocycles. The summed E-state index contributed by atoms with van der Waals surface area (Å²) in [5.41, 5.74) is 4.08. The molecule has 4 rings (SSSR count). The van der Waals surface area contributed by atoms with Crippen LogP contribution in [0.1, 0.15) is 100 Å². The summed E-state index contributed by atoms with van der Waals surface area (Å²) >= 11 is 0. The highest BCUT2D eigenvalue weighted by Gasteiger charge is 2.57. The Morgan fingerprint density at radius 2 is 1.34 bits per heavy atom. The van der Waals surface area contributed by atoms with Gasteiger partial charge in [0, 0.05) is 11.5 Å². The van der Waals surface area contributed by atoms with Crippen LogP contribution in [-0.2, 0) is 8.85 Å². The largest absolute Gasteiger partial charge is 0.414 e. The van der Waals surface area contributed by atoms with Gasteiger partial charge in [-0.1, -0.05) is 78.7 Å². The summed E-state index contributed by atoms with van der Waals surface area (Å²) in [4.78, 5) is 0. The molecule has 6 atom stereocenters. The molecule has 4 heteroatoms. The molecule has 0 spiro atoms. The van der Waals surface area contributed by atoms with Gasteiger partial charge in [0.2, 0.25) is 0 Å². The minimum atomic E-state index is -1.78. The third-order valence-corrected chi connectivity index (χ3v) is 20.9. The molecule has 4 aliphatic carbocycles. The predicted octanol–water partition coefficient (Wildman–Crippen LogP) is 9.65. The molecule has 4 aliphatic rings. The van der Waals surface area contributed by atoms with Gasteiger partial charge < -0.3 is 8.85 Å². The Kier molecular flexibility index (Phi) is 6.91. The SMILES string of the molecule is CC(C)(C)[Si](C)(C)O[C@H]1CC[C@@]2(C)C(=CC[C@H]3C4=CC[C@H](O[Si](C)(C)C(C)(C)C)[C@@]4(C)CC[C@@H]32)C1. The van der Waals surface area contributed by atoms with Crippen molar-refractivity contribution in [2.75, 3.05) is 0 Å². The monoisotopic (exact) mass is 516 g/mol. The van der Waals surface area contributed by atoms with Crippen molar-refractivity contribution < 1.29 is 8.85 Å². The summed E-state index contributed by atoms with van der Waals surface area (Å²) in [6.07, 6.45) is 14.8. The van der Waals surface area contributed by atoms with Crippen LogP contribution in [0.4, 0.5) is 0 Å². The summed E-state index contributed by atoms with van der Waals surface area (Å²) in [7, 11) is -3.50. The smallest absolute Gasteiger partial charge is 0.192 e. The highest BCUT2D eigenvalue weighted by Crippen LogP contribution is 2.64. The molecule has 200 valence electrons. The van der Waals surface area contributed by atoms with Crippen LogP contribution >= 0.6 is 0 Å². The minimum absolute atomic E-state index is 0.237. The van der Waals surface area contributed by atoms with E-state index < -0.39 is 16.6 Å². The average molecular weight is 517 g/mol. The van der Waals surface area contributed by atoms with E-state index in [0.29, 0.717) is 23.5 Å². The Morgan fingerprint density at radius 1 is 0.771 bits per heavy atom. The third kappa shape index (κ3) is 4.65. The number of fused-ring (bicyclic) bond motifs is 5. The second kappa shape index (κ2) is 8.68. The van der Waals surface area contributed by atoms with Crippen molar-refractivity contribution in [1.82, 2.24) is 0 Å². The molecular weight excluding hydrogens is 461 g/mol. The molecule has 2 saturated carbocycles. The molecule has 0 unspecified atom stereocenters. The second-order valence-corrected chi connectivity index (χ2v) is 25.6. The second-order valence-electron chi connectivity index (χ2n) is 16.1. The van der Waals surface area contributed by atoms with E-state index in [9.17, 15) is 0 Å². The van der Waals surface area contributed by atoms with Crippen LogP contribution in [0.5, 0.6) is 0 Å². The quantitative estimate of drug-likeness (QED) is 0.273. The molecule has 0 aromatic carbocycles. The Labute approximate surface area is 220 Å². The number of hydrogen-bond acceptors (Lipinski definition) is 2. The molecule has 0 radical (unpaired) electrons. The first kappa shape index (κ1) is 27.9. The molecule has 0 saturated heterocycles. The van der Waals surface area contributed by atoms with E-state index >= 15 is 0 Å². The fourth-order valence-electron chi connectivity index (χ4n) is 7.34. The molecule has 0 N–H and O–H groups in total. The van der Waals surface area contributed by atoms with Gasteiger partial charge in [0.1, 0.15) is 0 Å². The Bertz CT molecular complexity index is 887. The maximum atomic E-state index is 7.09. The van der Waals surface area contributed by atoms with Crippen LogP contribution in [0.25, 0.3) is 0 Å². The summed E-state index contributed by atoms with van der Waals surface area (Å²) in [6.45, 7) is 29.1. The lowest BCUT2D eigenvalue weighted by atomic mass is 9.49. The van der Waals surface area contributed by atoms with Gasteiger partial charge in [-0.05, 0) is 98.5 Å². The summed E-state index contributed by atoms with van der Waals surface area (Å²) in [5.74, 6) is 1.51. The van der Waals surface area contributed by atoms with E-state index in [4.69, 9.17) is 8.85 Å². The minimum Gasteiger partial charge on any atom is -0.414 e. The topological polar surface area (TPSA) is 18.5 Å².